The van der Waals surface area contributed by atoms with Crippen LogP contribution in [0.5, 0.6) is 0 Å². The summed E-state index contributed by atoms with van der Waals surface area (Å²) in [6, 6.07) is 0. The van der Waals surface area contributed by atoms with Gasteiger partial charge in [-0.25, -0.2) is 0 Å². The van der Waals surface area contributed by atoms with Gasteiger partial charge in [-0.15, -0.1) is 0 Å². The first kappa shape index (κ1) is 15.9. The second-order valence-electron chi connectivity index (χ2n) is 5.03. The largest absolute Gasteiger partial charge is 0.468 e. The molecule has 0 atom stereocenters. The Morgan fingerprint density at radius 2 is 1.88 bits per heavy atom. The van der Waals surface area contributed by atoms with E-state index < -0.39 is 5.97 Å². The van der Waals surface area contributed by atoms with E-state index in [0.29, 0.717) is 13.0 Å². The molecule has 0 fully saturated rings. The lowest BCUT2D eigenvalue weighted by atomic mass is 9.84. The van der Waals surface area contributed by atoms with Gasteiger partial charge in [0.05, 0.1) is 7.11 Å². The summed E-state index contributed by atoms with van der Waals surface area (Å²) in [5.41, 5.74) is 5.57. The Bertz CT molecular complexity index is 264. The lowest BCUT2D eigenvalue weighted by Crippen LogP contribution is -2.33. The van der Waals surface area contributed by atoms with Crippen LogP contribution in [0.15, 0.2) is 0 Å². The zero-order valence-electron chi connectivity index (χ0n) is 11.3. The highest BCUT2D eigenvalue weighted by Gasteiger charge is 2.20. The first-order valence-electron chi connectivity index (χ1n) is 5.83. The highest BCUT2D eigenvalue weighted by atomic mass is 16.5. The Morgan fingerprint density at radius 3 is 2.35 bits per heavy atom. The number of hydrogen-bond acceptors (Lipinski definition) is 4. The number of ether oxygens (including phenoxy) is 1. The third kappa shape index (κ3) is 6.94. The van der Waals surface area contributed by atoms with E-state index in [9.17, 15) is 9.59 Å². The predicted octanol–water partition coefficient (Wildman–Crippen LogP) is 0.773. The third-order valence-corrected chi connectivity index (χ3v) is 2.86. The molecule has 1 amide bonds. The summed E-state index contributed by atoms with van der Waals surface area (Å²) in [6.07, 6.45) is 2.09. The Labute approximate surface area is 103 Å². The van der Waals surface area contributed by atoms with E-state index in [2.05, 4.69) is 18.6 Å². The van der Waals surface area contributed by atoms with Crippen LogP contribution >= 0.6 is 0 Å². The second-order valence-corrected chi connectivity index (χ2v) is 5.03. The van der Waals surface area contributed by atoms with Gasteiger partial charge in [0.1, 0.15) is 6.54 Å². The fourth-order valence-corrected chi connectivity index (χ4v) is 1.50. The van der Waals surface area contributed by atoms with Gasteiger partial charge in [0.25, 0.3) is 0 Å². The molecule has 0 aromatic heterocycles. The summed E-state index contributed by atoms with van der Waals surface area (Å²) in [5, 5.41) is 0. The lowest BCUT2D eigenvalue weighted by Gasteiger charge is -2.24. The van der Waals surface area contributed by atoms with E-state index in [-0.39, 0.29) is 17.9 Å². The fourth-order valence-electron chi connectivity index (χ4n) is 1.50. The van der Waals surface area contributed by atoms with E-state index in [1.165, 1.54) is 12.0 Å². The van der Waals surface area contributed by atoms with Crippen molar-refractivity contribution >= 4 is 11.9 Å². The van der Waals surface area contributed by atoms with Crippen LogP contribution in [0.4, 0.5) is 0 Å². The smallest absolute Gasteiger partial charge is 0.325 e. The topological polar surface area (TPSA) is 72.6 Å². The Hall–Kier alpha value is -1.10. The van der Waals surface area contributed by atoms with Crippen LogP contribution in [0.1, 0.15) is 33.1 Å². The average molecular weight is 244 g/mol. The standard InChI is InChI=1S/C12H24N2O3/c1-12(2,7-8-13)6-5-10(15)14(3)9-11(16)17-4/h5-9,13H2,1-4H3. The fraction of sp³-hybridized carbons (Fsp3) is 0.833. The van der Waals surface area contributed by atoms with Gasteiger partial charge in [-0.2, -0.15) is 0 Å². The number of carbonyl (C=O) groups is 2. The summed E-state index contributed by atoms with van der Waals surface area (Å²) >= 11 is 0. The number of methoxy groups -OCH3 is 1. The monoisotopic (exact) mass is 244 g/mol. The molecule has 0 saturated carbocycles. The van der Waals surface area contributed by atoms with Gasteiger partial charge in [-0.05, 0) is 24.8 Å². The maximum absolute atomic E-state index is 11.7. The van der Waals surface area contributed by atoms with Gasteiger partial charge < -0.3 is 15.4 Å². The van der Waals surface area contributed by atoms with Crippen molar-refractivity contribution in [2.75, 3.05) is 27.2 Å². The number of likely N-dealkylation sites (N-methyl/N-ethyl adjacent to an activating group) is 1. The van der Waals surface area contributed by atoms with Crippen LogP contribution < -0.4 is 5.73 Å². The number of carbonyl (C=O) groups excluding carboxylic acids is 2. The predicted molar refractivity (Wildman–Crippen MR) is 66.3 cm³/mol. The molecule has 0 aromatic rings. The molecule has 0 aliphatic carbocycles. The zero-order chi connectivity index (χ0) is 13.5. The molecule has 0 spiro atoms. The van der Waals surface area contributed by atoms with Crippen molar-refractivity contribution in [1.29, 1.82) is 0 Å². The van der Waals surface area contributed by atoms with Crippen molar-refractivity contribution < 1.29 is 14.3 Å². The maximum Gasteiger partial charge on any atom is 0.325 e. The molecule has 100 valence electrons. The minimum atomic E-state index is -0.401. The van der Waals surface area contributed by atoms with Crippen molar-refractivity contribution in [3.63, 3.8) is 0 Å². The van der Waals surface area contributed by atoms with E-state index >= 15 is 0 Å². The van der Waals surface area contributed by atoms with Crippen LogP contribution in [0.25, 0.3) is 0 Å². The normalized spacial score (nSPS) is 11.1. The Balaban J connectivity index is 4.05. The number of amides is 1. The molecule has 0 aliphatic heterocycles. The number of hydrogen-bond donors (Lipinski definition) is 1. The molecule has 0 aliphatic rings. The number of nitrogens with two attached hydrogens (primary N) is 1. The molecule has 0 heterocycles. The molecule has 17 heavy (non-hydrogen) atoms. The van der Waals surface area contributed by atoms with Crippen molar-refractivity contribution in [1.82, 2.24) is 4.90 Å². The summed E-state index contributed by atoms with van der Waals surface area (Å²) in [7, 11) is 2.92. The third-order valence-electron chi connectivity index (χ3n) is 2.86. The molecule has 0 bridgehead atoms. The van der Waals surface area contributed by atoms with Crippen molar-refractivity contribution in [3.8, 4) is 0 Å². The molecule has 5 nitrogen and oxygen atoms in total. The lowest BCUT2D eigenvalue weighted by molar-refractivity contribution is -0.146. The second kappa shape index (κ2) is 7.27. The van der Waals surface area contributed by atoms with Crippen LogP contribution in [-0.2, 0) is 14.3 Å². The van der Waals surface area contributed by atoms with Crippen LogP contribution in [0.2, 0.25) is 0 Å². The number of esters is 1. The summed E-state index contributed by atoms with van der Waals surface area (Å²) < 4.78 is 4.51. The molecule has 2 N–H and O–H groups in total. The number of rotatable bonds is 7. The van der Waals surface area contributed by atoms with Gasteiger partial charge in [0.2, 0.25) is 5.91 Å². The van der Waals surface area contributed by atoms with E-state index in [0.717, 1.165) is 12.8 Å². The highest BCUT2D eigenvalue weighted by molar-refractivity contribution is 5.81. The van der Waals surface area contributed by atoms with Crippen LogP contribution in [0.3, 0.4) is 0 Å². The molecule has 5 heteroatoms. The van der Waals surface area contributed by atoms with Crippen LogP contribution in [-0.4, -0.2) is 44.0 Å². The number of nitrogens with zero attached hydrogens (tertiary/aromatic N) is 1. The van der Waals surface area contributed by atoms with Gasteiger partial charge in [-0.3, -0.25) is 9.59 Å². The molecular formula is C12H24N2O3. The minimum Gasteiger partial charge on any atom is -0.468 e. The summed E-state index contributed by atoms with van der Waals surface area (Å²) in [6.45, 7) is 4.81. The first-order valence-corrected chi connectivity index (χ1v) is 5.83. The molecule has 0 rings (SSSR count). The van der Waals surface area contributed by atoms with E-state index in [4.69, 9.17) is 5.73 Å². The minimum absolute atomic E-state index is 0.00660. The van der Waals surface area contributed by atoms with E-state index in [1.807, 2.05) is 0 Å². The van der Waals surface area contributed by atoms with Crippen molar-refractivity contribution in [2.45, 2.75) is 33.1 Å². The van der Waals surface area contributed by atoms with Gasteiger partial charge >= 0.3 is 5.97 Å². The molecule has 0 radical (unpaired) electrons. The van der Waals surface area contributed by atoms with Crippen LogP contribution in [0, 0.1) is 5.41 Å². The SMILES string of the molecule is COC(=O)CN(C)C(=O)CCC(C)(C)CCN. The maximum atomic E-state index is 11.7. The average Bonchev–Trinajstić information content (AvgIpc) is 2.25. The van der Waals surface area contributed by atoms with Crippen molar-refractivity contribution in [3.05, 3.63) is 0 Å². The Kier molecular flexibility index (Phi) is 6.80. The van der Waals surface area contributed by atoms with Crippen molar-refractivity contribution in [2.24, 2.45) is 11.1 Å². The van der Waals surface area contributed by atoms with E-state index in [1.54, 1.807) is 7.05 Å². The first-order chi connectivity index (χ1) is 7.82. The van der Waals surface area contributed by atoms with Gasteiger partial charge in [0, 0.05) is 13.5 Å². The molecular weight excluding hydrogens is 220 g/mol. The van der Waals surface area contributed by atoms with Gasteiger partial charge in [0.15, 0.2) is 0 Å². The molecule has 0 saturated heterocycles. The highest BCUT2D eigenvalue weighted by Crippen LogP contribution is 2.26. The summed E-state index contributed by atoms with van der Waals surface area (Å²) in [5.74, 6) is -0.442. The molecule has 0 aromatic carbocycles. The van der Waals surface area contributed by atoms with Gasteiger partial charge in [-0.1, -0.05) is 13.8 Å². The quantitative estimate of drug-likeness (QED) is 0.671. The Morgan fingerprint density at radius 1 is 1.29 bits per heavy atom. The molecule has 0 unspecified atom stereocenters. The zero-order valence-corrected chi connectivity index (χ0v) is 11.3. The summed E-state index contributed by atoms with van der Waals surface area (Å²) in [4.78, 5) is 24.1.